The summed E-state index contributed by atoms with van der Waals surface area (Å²) in [6.45, 7) is 9.47. The van der Waals surface area contributed by atoms with Crippen molar-refractivity contribution in [3.8, 4) is 0 Å². The van der Waals surface area contributed by atoms with E-state index in [9.17, 15) is 4.79 Å². The van der Waals surface area contributed by atoms with Gasteiger partial charge in [0, 0.05) is 25.0 Å². The summed E-state index contributed by atoms with van der Waals surface area (Å²) in [6, 6.07) is 0.387. The topological polar surface area (TPSA) is 66.3 Å². The molecule has 1 aromatic rings. The molecule has 1 rings (SSSR count). The number of aromatic nitrogens is 2. The van der Waals surface area contributed by atoms with Crippen LogP contribution in [0.25, 0.3) is 0 Å². The summed E-state index contributed by atoms with van der Waals surface area (Å²) in [5.74, 6) is 0.125. The molecule has 1 aromatic heterocycles. The van der Waals surface area contributed by atoms with E-state index < -0.39 is 5.97 Å². The molecule has 0 atom stereocenters. The smallest absolute Gasteiger partial charge is 0.338 e. The number of aromatic carboxylic acids is 1. The Morgan fingerprint density at radius 3 is 2.16 bits per heavy atom. The Kier molecular flexibility index (Phi) is 5.73. The Hall–Kier alpha value is -1.65. The molecule has 0 radical (unpaired) electrons. The maximum Gasteiger partial charge on any atom is 0.338 e. The van der Waals surface area contributed by atoms with Crippen LogP contribution in [0.15, 0.2) is 12.4 Å². The van der Waals surface area contributed by atoms with E-state index in [1.165, 1.54) is 12.4 Å². The highest BCUT2D eigenvalue weighted by molar-refractivity contribution is 5.86. The molecular weight excluding hydrogens is 242 g/mol. The number of carboxylic acids is 1. The quantitative estimate of drug-likeness (QED) is 0.821. The first-order valence-electron chi connectivity index (χ1n) is 6.81. The van der Waals surface area contributed by atoms with E-state index in [-0.39, 0.29) is 5.56 Å². The zero-order valence-corrected chi connectivity index (χ0v) is 12.1. The van der Waals surface area contributed by atoms with Crippen LogP contribution in [0, 0.1) is 5.92 Å². The number of anilines is 1. The summed E-state index contributed by atoms with van der Waals surface area (Å²) in [5.41, 5.74) is 0.123. The van der Waals surface area contributed by atoms with Gasteiger partial charge in [-0.3, -0.25) is 0 Å². The van der Waals surface area contributed by atoms with Crippen molar-refractivity contribution in [3.63, 3.8) is 0 Å². The van der Waals surface area contributed by atoms with Crippen LogP contribution in [-0.2, 0) is 0 Å². The van der Waals surface area contributed by atoms with Crippen LogP contribution < -0.4 is 4.90 Å². The van der Waals surface area contributed by atoms with Crippen LogP contribution in [0.5, 0.6) is 0 Å². The van der Waals surface area contributed by atoms with Gasteiger partial charge in [0.15, 0.2) is 0 Å². The minimum Gasteiger partial charge on any atom is -0.478 e. The fourth-order valence-electron chi connectivity index (χ4n) is 2.10. The van der Waals surface area contributed by atoms with E-state index >= 15 is 0 Å². The van der Waals surface area contributed by atoms with Crippen molar-refractivity contribution in [3.05, 3.63) is 18.0 Å². The summed E-state index contributed by atoms with van der Waals surface area (Å²) in [6.07, 6.45) is 4.79. The lowest BCUT2D eigenvalue weighted by molar-refractivity contribution is 0.0696. The molecule has 0 aliphatic carbocycles. The molecular formula is C14H23N3O2. The molecule has 19 heavy (non-hydrogen) atoms. The van der Waals surface area contributed by atoms with Crippen LogP contribution in [0.3, 0.4) is 0 Å². The number of hydrogen-bond acceptors (Lipinski definition) is 4. The molecule has 0 unspecified atom stereocenters. The van der Waals surface area contributed by atoms with E-state index in [1.54, 1.807) is 0 Å². The average molecular weight is 265 g/mol. The fraction of sp³-hybridized carbons (Fsp3) is 0.643. The average Bonchev–Trinajstić information content (AvgIpc) is 2.38. The van der Waals surface area contributed by atoms with Crippen molar-refractivity contribution in [1.29, 1.82) is 0 Å². The second kappa shape index (κ2) is 7.07. The van der Waals surface area contributed by atoms with Crippen LogP contribution in [0.4, 0.5) is 5.95 Å². The number of carbonyl (C=O) groups is 1. The van der Waals surface area contributed by atoms with Gasteiger partial charge in [0.25, 0.3) is 0 Å². The first-order chi connectivity index (χ1) is 8.99. The largest absolute Gasteiger partial charge is 0.478 e. The molecule has 0 aliphatic heterocycles. The molecule has 1 N–H and O–H groups in total. The maximum atomic E-state index is 10.8. The Balaban J connectivity index is 2.99. The first-order valence-corrected chi connectivity index (χ1v) is 6.81. The lowest BCUT2D eigenvalue weighted by atomic mass is 10.1. The van der Waals surface area contributed by atoms with Crippen LogP contribution in [0.2, 0.25) is 0 Å². The van der Waals surface area contributed by atoms with E-state index in [0.717, 1.165) is 19.4 Å². The Morgan fingerprint density at radius 2 is 1.79 bits per heavy atom. The molecule has 0 aliphatic rings. The molecule has 5 nitrogen and oxygen atoms in total. The van der Waals surface area contributed by atoms with E-state index in [1.807, 2.05) is 0 Å². The van der Waals surface area contributed by atoms with Crippen molar-refractivity contribution >= 4 is 11.9 Å². The summed E-state index contributed by atoms with van der Waals surface area (Å²) < 4.78 is 0. The second-order valence-corrected chi connectivity index (χ2v) is 5.09. The summed E-state index contributed by atoms with van der Waals surface area (Å²) >= 11 is 0. The van der Waals surface area contributed by atoms with Gasteiger partial charge in [-0.1, -0.05) is 27.7 Å². The lowest BCUT2D eigenvalue weighted by Gasteiger charge is -2.32. The van der Waals surface area contributed by atoms with Crippen LogP contribution >= 0.6 is 0 Å². The van der Waals surface area contributed by atoms with Crippen molar-refractivity contribution in [2.45, 2.75) is 46.6 Å². The van der Waals surface area contributed by atoms with Gasteiger partial charge in [0.2, 0.25) is 5.95 Å². The van der Waals surface area contributed by atoms with Gasteiger partial charge in [-0.05, 0) is 18.8 Å². The van der Waals surface area contributed by atoms with Crippen LogP contribution in [-0.4, -0.2) is 33.6 Å². The molecule has 5 heteroatoms. The molecule has 0 fully saturated rings. The summed E-state index contributed by atoms with van der Waals surface area (Å²) in [4.78, 5) is 21.4. The zero-order chi connectivity index (χ0) is 14.4. The maximum absolute atomic E-state index is 10.8. The Bertz CT molecular complexity index is 400. The Morgan fingerprint density at radius 1 is 1.26 bits per heavy atom. The highest BCUT2D eigenvalue weighted by atomic mass is 16.4. The molecule has 1 heterocycles. The highest BCUT2D eigenvalue weighted by Gasteiger charge is 2.19. The predicted molar refractivity (Wildman–Crippen MR) is 75.5 cm³/mol. The molecule has 0 amide bonds. The SMILES string of the molecule is CCC(CC)N(CC(C)C)c1ncc(C(=O)O)cn1. The van der Waals surface area contributed by atoms with Gasteiger partial charge in [0.05, 0.1) is 5.56 Å². The molecule has 0 bridgehead atoms. The first kappa shape index (κ1) is 15.4. The lowest BCUT2D eigenvalue weighted by Crippen LogP contribution is -2.38. The van der Waals surface area contributed by atoms with Crippen molar-refractivity contribution < 1.29 is 9.90 Å². The number of hydrogen-bond donors (Lipinski definition) is 1. The van der Waals surface area contributed by atoms with Gasteiger partial charge in [0.1, 0.15) is 0 Å². The third-order valence-electron chi connectivity index (χ3n) is 3.09. The van der Waals surface area contributed by atoms with Gasteiger partial charge >= 0.3 is 5.97 Å². The zero-order valence-electron chi connectivity index (χ0n) is 12.1. The summed E-state index contributed by atoms with van der Waals surface area (Å²) in [5, 5.41) is 8.87. The molecule has 0 spiro atoms. The van der Waals surface area contributed by atoms with Crippen LogP contribution in [0.1, 0.15) is 50.9 Å². The third-order valence-corrected chi connectivity index (χ3v) is 3.09. The van der Waals surface area contributed by atoms with Crippen molar-refractivity contribution in [2.24, 2.45) is 5.92 Å². The highest BCUT2D eigenvalue weighted by Crippen LogP contribution is 2.18. The number of carboxylic acid groups (broad SMARTS) is 1. The third kappa shape index (κ3) is 4.19. The molecule has 0 saturated carbocycles. The number of nitrogens with zero attached hydrogens (tertiary/aromatic N) is 3. The van der Waals surface area contributed by atoms with E-state index in [2.05, 4.69) is 42.6 Å². The fourth-order valence-corrected chi connectivity index (χ4v) is 2.10. The van der Waals surface area contributed by atoms with E-state index in [0.29, 0.717) is 17.9 Å². The standard InChI is InChI=1S/C14H23N3O2/c1-5-12(6-2)17(9-10(3)4)14-15-7-11(8-16-14)13(18)19/h7-8,10,12H,5-6,9H2,1-4H3,(H,18,19). The monoisotopic (exact) mass is 265 g/mol. The van der Waals surface area contributed by atoms with Gasteiger partial charge in [-0.15, -0.1) is 0 Å². The van der Waals surface area contributed by atoms with Gasteiger partial charge < -0.3 is 10.0 Å². The number of rotatable bonds is 7. The Labute approximate surface area is 114 Å². The molecule has 106 valence electrons. The normalized spacial score (nSPS) is 11.1. The minimum absolute atomic E-state index is 0.123. The summed E-state index contributed by atoms with van der Waals surface area (Å²) in [7, 11) is 0. The predicted octanol–water partition coefficient (Wildman–Crippen LogP) is 2.83. The van der Waals surface area contributed by atoms with Crippen molar-refractivity contribution in [1.82, 2.24) is 9.97 Å². The molecule has 0 aromatic carbocycles. The van der Waals surface area contributed by atoms with Gasteiger partial charge in [-0.25, -0.2) is 14.8 Å². The van der Waals surface area contributed by atoms with E-state index in [4.69, 9.17) is 5.11 Å². The van der Waals surface area contributed by atoms with Crippen molar-refractivity contribution in [2.75, 3.05) is 11.4 Å². The second-order valence-electron chi connectivity index (χ2n) is 5.09. The molecule has 0 saturated heterocycles. The minimum atomic E-state index is -0.996. The van der Waals surface area contributed by atoms with Gasteiger partial charge in [-0.2, -0.15) is 0 Å².